The Bertz CT molecular complexity index is 263. The van der Waals surface area contributed by atoms with Gasteiger partial charge in [0, 0.05) is 10.9 Å². The van der Waals surface area contributed by atoms with E-state index in [1.807, 2.05) is 19.0 Å². The van der Waals surface area contributed by atoms with Gasteiger partial charge in [0.1, 0.15) is 13.0 Å². The van der Waals surface area contributed by atoms with Crippen LogP contribution in [0.15, 0.2) is 18.2 Å². The van der Waals surface area contributed by atoms with Crippen molar-refractivity contribution in [3.63, 3.8) is 0 Å². The van der Waals surface area contributed by atoms with Crippen LogP contribution in [-0.4, -0.2) is 14.4 Å². The first-order chi connectivity index (χ1) is 5.81. The summed E-state index contributed by atoms with van der Waals surface area (Å²) in [4.78, 5) is 0. The molecule has 1 nitrogen and oxygen atoms in total. The van der Waals surface area contributed by atoms with E-state index < -0.39 is 0 Å². The van der Waals surface area contributed by atoms with E-state index in [1.54, 1.807) is 7.11 Å². The Morgan fingerprint density at radius 1 is 1.50 bits per heavy atom. The fourth-order valence-corrected chi connectivity index (χ4v) is 1.52. The maximum atomic E-state index is 5.19. The van der Waals surface area contributed by atoms with E-state index in [1.165, 1.54) is 11.0 Å². The first-order valence-corrected chi connectivity index (χ1v) is 4.96. The zero-order valence-electron chi connectivity index (χ0n) is 7.30. The molecule has 1 aromatic carbocycles. The first kappa shape index (κ1) is 9.65. The van der Waals surface area contributed by atoms with Crippen molar-refractivity contribution >= 4 is 28.7 Å². The van der Waals surface area contributed by atoms with Crippen LogP contribution in [0.5, 0.6) is 5.75 Å². The third kappa shape index (κ3) is 2.04. The number of halogens is 1. The standard InChI is InChI=1S/C9H11BBrO/c1-10-8-3-4-9(12-2)7(5-8)6-11/h3-5H,6H2,1-2H3. The van der Waals surface area contributed by atoms with Crippen molar-refractivity contribution in [1.82, 2.24) is 0 Å². The lowest BCUT2D eigenvalue weighted by atomic mass is 9.73. The van der Waals surface area contributed by atoms with Crippen LogP contribution in [0.25, 0.3) is 0 Å². The third-order valence-electron chi connectivity index (χ3n) is 1.78. The molecule has 1 rings (SSSR count). The van der Waals surface area contributed by atoms with Gasteiger partial charge < -0.3 is 4.74 Å². The summed E-state index contributed by atoms with van der Waals surface area (Å²) in [6.45, 7) is 2.03. The molecule has 0 aliphatic rings. The van der Waals surface area contributed by atoms with Crippen molar-refractivity contribution in [2.24, 2.45) is 0 Å². The van der Waals surface area contributed by atoms with Crippen molar-refractivity contribution in [2.45, 2.75) is 12.2 Å². The summed E-state index contributed by atoms with van der Waals surface area (Å²) in [5, 5.41) is 0.831. The van der Waals surface area contributed by atoms with Gasteiger partial charge in [-0.25, -0.2) is 0 Å². The summed E-state index contributed by atoms with van der Waals surface area (Å²) in [6.07, 6.45) is 0. The predicted molar refractivity (Wildman–Crippen MR) is 56.9 cm³/mol. The maximum absolute atomic E-state index is 5.19. The Kier molecular flexibility index (Phi) is 3.66. The quantitative estimate of drug-likeness (QED) is 0.565. The minimum Gasteiger partial charge on any atom is -0.496 e. The van der Waals surface area contributed by atoms with E-state index in [0.717, 1.165) is 11.1 Å². The molecule has 0 aliphatic heterocycles. The molecule has 0 unspecified atom stereocenters. The molecule has 0 aliphatic carbocycles. The summed E-state index contributed by atoms with van der Waals surface area (Å²) in [7, 11) is 3.77. The fourth-order valence-electron chi connectivity index (χ4n) is 1.08. The summed E-state index contributed by atoms with van der Waals surface area (Å²) < 4.78 is 5.19. The second-order valence-corrected chi connectivity index (χ2v) is 3.05. The monoisotopic (exact) mass is 225 g/mol. The second-order valence-electron chi connectivity index (χ2n) is 2.49. The molecule has 3 heteroatoms. The van der Waals surface area contributed by atoms with Crippen LogP contribution in [0.4, 0.5) is 0 Å². The molecule has 0 bridgehead atoms. The van der Waals surface area contributed by atoms with Crippen LogP contribution in [0.2, 0.25) is 6.82 Å². The van der Waals surface area contributed by atoms with Gasteiger partial charge >= 0.3 is 0 Å². The largest absolute Gasteiger partial charge is 0.496 e. The molecule has 1 aromatic rings. The van der Waals surface area contributed by atoms with Crippen molar-refractivity contribution in [2.75, 3.05) is 7.11 Å². The number of benzene rings is 1. The zero-order chi connectivity index (χ0) is 8.97. The summed E-state index contributed by atoms with van der Waals surface area (Å²) in [6, 6.07) is 6.16. The lowest BCUT2D eigenvalue weighted by molar-refractivity contribution is 0.411. The normalized spacial score (nSPS) is 9.58. The Labute approximate surface area is 82.5 Å². The third-order valence-corrected chi connectivity index (χ3v) is 2.39. The SMILES string of the molecule is C[B]c1ccc(OC)c(CBr)c1. The van der Waals surface area contributed by atoms with Gasteiger partial charge in [0.2, 0.25) is 0 Å². The highest BCUT2D eigenvalue weighted by Gasteiger charge is 2.01. The Balaban J connectivity index is 3.02. The number of hydrogen-bond donors (Lipinski definition) is 0. The minimum atomic E-state index is 0.831. The molecule has 0 atom stereocenters. The van der Waals surface area contributed by atoms with Gasteiger partial charge in [0.15, 0.2) is 0 Å². The van der Waals surface area contributed by atoms with Gasteiger partial charge in [-0.15, -0.1) is 0 Å². The zero-order valence-corrected chi connectivity index (χ0v) is 8.89. The molecule has 1 radical (unpaired) electrons. The number of methoxy groups -OCH3 is 1. The molecule has 0 saturated heterocycles. The van der Waals surface area contributed by atoms with E-state index in [4.69, 9.17) is 4.74 Å². The van der Waals surface area contributed by atoms with Crippen LogP contribution in [-0.2, 0) is 5.33 Å². The minimum absolute atomic E-state index is 0.831. The molecule has 0 aromatic heterocycles. The Morgan fingerprint density at radius 3 is 2.75 bits per heavy atom. The molecular formula is C9H11BBrO. The number of alkyl halides is 1. The molecule has 63 valence electrons. The average Bonchev–Trinajstić information content (AvgIpc) is 2.16. The topological polar surface area (TPSA) is 9.23 Å². The van der Waals surface area contributed by atoms with Gasteiger partial charge in [-0.3, -0.25) is 0 Å². The molecule has 0 spiro atoms. The highest BCUT2D eigenvalue weighted by Crippen LogP contribution is 2.18. The van der Waals surface area contributed by atoms with Crippen LogP contribution in [0, 0.1) is 0 Å². The van der Waals surface area contributed by atoms with Gasteiger partial charge in [-0.1, -0.05) is 40.3 Å². The lowest BCUT2D eigenvalue weighted by Gasteiger charge is -2.06. The van der Waals surface area contributed by atoms with Crippen LogP contribution in [0.1, 0.15) is 5.56 Å². The van der Waals surface area contributed by atoms with E-state index in [2.05, 4.69) is 29.3 Å². The molecule has 12 heavy (non-hydrogen) atoms. The highest BCUT2D eigenvalue weighted by molar-refractivity contribution is 9.08. The van der Waals surface area contributed by atoms with E-state index in [9.17, 15) is 0 Å². The number of rotatable bonds is 3. The first-order valence-electron chi connectivity index (χ1n) is 3.84. The van der Waals surface area contributed by atoms with Gasteiger partial charge in [-0.05, 0) is 6.07 Å². The van der Waals surface area contributed by atoms with Gasteiger partial charge in [0.05, 0.1) is 7.11 Å². The highest BCUT2D eigenvalue weighted by atomic mass is 79.9. The number of ether oxygens (including phenoxy) is 1. The molecule has 0 saturated carbocycles. The molecule has 0 heterocycles. The summed E-state index contributed by atoms with van der Waals surface area (Å²) in [5.74, 6) is 0.942. The molecule has 0 amide bonds. The van der Waals surface area contributed by atoms with E-state index in [-0.39, 0.29) is 0 Å². The van der Waals surface area contributed by atoms with E-state index in [0.29, 0.717) is 0 Å². The van der Waals surface area contributed by atoms with E-state index >= 15 is 0 Å². The van der Waals surface area contributed by atoms with Crippen LogP contribution < -0.4 is 10.2 Å². The summed E-state index contributed by atoms with van der Waals surface area (Å²) >= 11 is 3.42. The molecular weight excluding hydrogens is 215 g/mol. The smallest absolute Gasteiger partial charge is 0.148 e. The van der Waals surface area contributed by atoms with Crippen molar-refractivity contribution in [3.05, 3.63) is 23.8 Å². The molecule has 0 N–H and O–H groups in total. The number of hydrogen-bond acceptors (Lipinski definition) is 1. The predicted octanol–water partition coefficient (Wildman–Crippen LogP) is 1.97. The van der Waals surface area contributed by atoms with Crippen LogP contribution >= 0.6 is 15.9 Å². The van der Waals surface area contributed by atoms with Crippen LogP contribution in [0.3, 0.4) is 0 Å². The fraction of sp³-hybridized carbons (Fsp3) is 0.333. The van der Waals surface area contributed by atoms with Crippen molar-refractivity contribution < 1.29 is 4.74 Å². The van der Waals surface area contributed by atoms with Crippen molar-refractivity contribution in [1.29, 1.82) is 0 Å². The Morgan fingerprint density at radius 2 is 2.25 bits per heavy atom. The lowest BCUT2D eigenvalue weighted by Crippen LogP contribution is -2.10. The average molecular weight is 226 g/mol. The second kappa shape index (κ2) is 4.56. The summed E-state index contributed by atoms with van der Waals surface area (Å²) in [5.41, 5.74) is 2.42. The maximum Gasteiger partial charge on any atom is 0.148 e. The van der Waals surface area contributed by atoms with Gasteiger partial charge in [0.25, 0.3) is 0 Å². The Hall–Kier alpha value is -0.435. The van der Waals surface area contributed by atoms with Gasteiger partial charge in [-0.2, -0.15) is 0 Å². The molecule has 0 fully saturated rings. The van der Waals surface area contributed by atoms with Crippen molar-refractivity contribution in [3.8, 4) is 5.75 Å².